The van der Waals surface area contributed by atoms with Crippen LogP contribution in [0.4, 0.5) is 5.95 Å². The van der Waals surface area contributed by atoms with E-state index in [-0.39, 0.29) is 0 Å². The third kappa shape index (κ3) is 3.86. The number of hydrogen-bond acceptors (Lipinski definition) is 5. The van der Waals surface area contributed by atoms with E-state index in [0.717, 1.165) is 38.2 Å². The van der Waals surface area contributed by atoms with Gasteiger partial charge in [0.25, 0.3) is 0 Å². The summed E-state index contributed by atoms with van der Waals surface area (Å²) in [7, 11) is 0. The zero-order valence-electron chi connectivity index (χ0n) is 13.2. The van der Waals surface area contributed by atoms with Crippen LogP contribution >= 0.6 is 27.3 Å². The molecule has 1 N–H and O–H groups in total. The van der Waals surface area contributed by atoms with E-state index >= 15 is 0 Å². The SMILES string of the molecule is Brc1ccc(CCNc2n[c]c(-c3nc4ccccc4s3)cn2)cc1. The number of fused-ring (bicyclic) bond motifs is 1. The number of rotatable bonds is 5. The summed E-state index contributed by atoms with van der Waals surface area (Å²) >= 11 is 5.07. The van der Waals surface area contributed by atoms with E-state index in [9.17, 15) is 0 Å². The van der Waals surface area contributed by atoms with Gasteiger partial charge in [0.2, 0.25) is 5.95 Å². The number of nitrogens with one attached hydrogen (secondary N) is 1. The normalized spacial score (nSPS) is 10.9. The molecule has 0 amide bonds. The molecule has 0 saturated heterocycles. The van der Waals surface area contributed by atoms with Gasteiger partial charge in [0.05, 0.1) is 15.8 Å². The number of nitrogens with zero attached hydrogens (tertiary/aromatic N) is 3. The standard InChI is InChI=1S/C19H14BrN4S/c20-15-7-5-13(6-8-15)9-10-21-19-22-11-14(12-23-19)18-24-16-3-1-2-4-17(16)25-18/h1-8,11H,9-10H2,(H,21,22,23). The predicted molar refractivity (Wildman–Crippen MR) is 106 cm³/mol. The monoisotopic (exact) mass is 409 g/mol. The Bertz CT molecular complexity index is 947. The van der Waals surface area contributed by atoms with Crippen molar-refractivity contribution >= 4 is 43.4 Å². The molecule has 0 bridgehead atoms. The number of para-hydroxylation sites is 1. The zero-order chi connectivity index (χ0) is 17.1. The van der Waals surface area contributed by atoms with Gasteiger partial charge in [-0.05, 0) is 36.2 Å². The Labute approximate surface area is 158 Å². The Morgan fingerprint density at radius 1 is 1.08 bits per heavy atom. The molecule has 123 valence electrons. The fraction of sp³-hybridized carbons (Fsp3) is 0.105. The molecular formula is C19H14BrN4S. The summed E-state index contributed by atoms with van der Waals surface area (Å²) < 4.78 is 2.25. The molecule has 4 rings (SSSR count). The molecule has 6 heteroatoms. The summed E-state index contributed by atoms with van der Waals surface area (Å²) in [6.45, 7) is 0.774. The van der Waals surface area contributed by atoms with Gasteiger partial charge in [-0.25, -0.2) is 15.0 Å². The fourth-order valence-corrected chi connectivity index (χ4v) is 3.63. The Hall–Kier alpha value is -2.31. The second kappa shape index (κ2) is 7.29. The lowest BCUT2D eigenvalue weighted by Gasteiger charge is -2.05. The molecule has 25 heavy (non-hydrogen) atoms. The van der Waals surface area contributed by atoms with Gasteiger partial charge in [-0.15, -0.1) is 11.3 Å². The second-order valence-electron chi connectivity index (χ2n) is 5.51. The lowest BCUT2D eigenvalue weighted by molar-refractivity contribution is 0.982. The van der Waals surface area contributed by atoms with Crippen molar-refractivity contribution in [2.45, 2.75) is 6.42 Å². The predicted octanol–water partition coefficient (Wildman–Crippen LogP) is 4.97. The molecule has 0 unspecified atom stereocenters. The van der Waals surface area contributed by atoms with Crippen LogP contribution in [0, 0.1) is 6.20 Å². The maximum Gasteiger partial charge on any atom is 0.223 e. The number of halogens is 1. The van der Waals surface area contributed by atoms with E-state index in [1.54, 1.807) is 17.5 Å². The first-order valence-corrected chi connectivity index (χ1v) is 9.48. The van der Waals surface area contributed by atoms with E-state index < -0.39 is 0 Å². The van der Waals surface area contributed by atoms with Crippen molar-refractivity contribution in [2.75, 3.05) is 11.9 Å². The van der Waals surface area contributed by atoms with E-state index in [1.807, 2.05) is 30.3 Å². The van der Waals surface area contributed by atoms with Crippen LogP contribution in [0.2, 0.25) is 0 Å². The maximum atomic E-state index is 4.60. The van der Waals surface area contributed by atoms with Gasteiger partial charge in [0.1, 0.15) is 11.2 Å². The van der Waals surface area contributed by atoms with Crippen LogP contribution in [-0.2, 0) is 6.42 Å². The van der Waals surface area contributed by atoms with Crippen LogP contribution in [0.1, 0.15) is 5.56 Å². The van der Waals surface area contributed by atoms with Crippen molar-refractivity contribution in [2.24, 2.45) is 0 Å². The zero-order valence-corrected chi connectivity index (χ0v) is 15.6. The van der Waals surface area contributed by atoms with Crippen molar-refractivity contribution in [3.63, 3.8) is 0 Å². The molecule has 2 heterocycles. The van der Waals surface area contributed by atoms with E-state index in [1.165, 1.54) is 5.56 Å². The number of benzene rings is 2. The Morgan fingerprint density at radius 3 is 2.68 bits per heavy atom. The Balaban J connectivity index is 1.40. The number of anilines is 1. The number of aromatic nitrogens is 3. The van der Waals surface area contributed by atoms with E-state index in [2.05, 4.69) is 60.6 Å². The molecule has 0 aliphatic heterocycles. The van der Waals surface area contributed by atoms with Gasteiger partial charge in [0, 0.05) is 17.2 Å². The van der Waals surface area contributed by atoms with Gasteiger partial charge in [0.15, 0.2) is 0 Å². The van der Waals surface area contributed by atoms with Gasteiger partial charge < -0.3 is 5.32 Å². The first kappa shape index (κ1) is 16.2. The van der Waals surface area contributed by atoms with E-state index in [4.69, 9.17) is 0 Å². The van der Waals surface area contributed by atoms with E-state index in [0.29, 0.717) is 5.95 Å². The summed E-state index contributed by atoms with van der Waals surface area (Å²) in [5.41, 5.74) is 3.08. The molecule has 0 fully saturated rings. The summed E-state index contributed by atoms with van der Waals surface area (Å²) in [6, 6.07) is 16.4. The van der Waals surface area contributed by atoms with Crippen molar-refractivity contribution < 1.29 is 0 Å². The van der Waals surface area contributed by atoms with Crippen molar-refractivity contribution in [3.05, 3.63) is 71.0 Å². The molecule has 0 aliphatic carbocycles. The molecule has 0 spiro atoms. The van der Waals surface area contributed by atoms with Crippen molar-refractivity contribution in [1.29, 1.82) is 0 Å². The summed E-state index contributed by atoms with van der Waals surface area (Å²) in [6.07, 6.45) is 5.72. The Morgan fingerprint density at radius 2 is 1.92 bits per heavy atom. The molecule has 0 atom stereocenters. The van der Waals surface area contributed by atoms with Crippen LogP contribution in [0.3, 0.4) is 0 Å². The number of hydrogen-bond donors (Lipinski definition) is 1. The minimum atomic E-state index is 0.585. The average molecular weight is 410 g/mol. The lowest BCUT2D eigenvalue weighted by Crippen LogP contribution is -2.07. The molecule has 2 aromatic carbocycles. The summed E-state index contributed by atoms with van der Waals surface area (Å²) in [5, 5.41) is 4.12. The van der Waals surface area contributed by atoms with Gasteiger partial charge >= 0.3 is 0 Å². The minimum absolute atomic E-state index is 0.585. The number of thiazole rings is 1. The third-order valence-electron chi connectivity index (χ3n) is 3.73. The van der Waals surface area contributed by atoms with Gasteiger partial charge in [-0.1, -0.05) is 40.2 Å². The fourth-order valence-electron chi connectivity index (χ4n) is 2.44. The van der Waals surface area contributed by atoms with Crippen LogP contribution in [0.5, 0.6) is 0 Å². The highest BCUT2D eigenvalue weighted by Crippen LogP contribution is 2.29. The van der Waals surface area contributed by atoms with Crippen LogP contribution in [-0.4, -0.2) is 21.5 Å². The molecule has 2 aromatic heterocycles. The maximum absolute atomic E-state index is 4.60. The summed E-state index contributed by atoms with van der Waals surface area (Å²) in [5.74, 6) is 0.585. The van der Waals surface area contributed by atoms with Gasteiger partial charge in [-0.2, -0.15) is 0 Å². The topological polar surface area (TPSA) is 50.7 Å². The molecule has 1 radical (unpaired) electrons. The highest BCUT2D eigenvalue weighted by Gasteiger charge is 2.07. The Kier molecular flexibility index (Phi) is 4.72. The third-order valence-corrected chi connectivity index (χ3v) is 5.33. The molecule has 4 nitrogen and oxygen atoms in total. The highest BCUT2D eigenvalue weighted by atomic mass is 79.9. The smallest absolute Gasteiger partial charge is 0.223 e. The van der Waals surface area contributed by atoms with Crippen LogP contribution < -0.4 is 5.32 Å². The van der Waals surface area contributed by atoms with Crippen LogP contribution in [0.15, 0.2) is 59.2 Å². The molecule has 0 aliphatic rings. The largest absolute Gasteiger partial charge is 0.354 e. The first-order chi connectivity index (χ1) is 12.3. The van der Waals surface area contributed by atoms with Crippen molar-refractivity contribution in [1.82, 2.24) is 15.0 Å². The minimum Gasteiger partial charge on any atom is -0.354 e. The lowest BCUT2D eigenvalue weighted by atomic mass is 10.1. The average Bonchev–Trinajstić information content (AvgIpc) is 3.08. The van der Waals surface area contributed by atoms with Crippen molar-refractivity contribution in [3.8, 4) is 10.6 Å². The molecule has 0 saturated carbocycles. The summed E-state index contributed by atoms with van der Waals surface area (Å²) in [4.78, 5) is 13.3. The second-order valence-corrected chi connectivity index (χ2v) is 7.46. The molecule has 4 aromatic rings. The first-order valence-electron chi connectivity index (χ1n) is 7.87. The van der Waals surface area contributed by atoms with Crippen LogP contribution in [0.25, 0.3) is 20.8 Å². The quantitative estimate of drug-likeness (QED) is 0.505. The highest BCUT2D eigenvalue weighted by molar-refractivity contribution is 9.10. The molecular weight excluding hydrogens is 396 g/mol. The van der Waals surface area contributed by atoms with Gasteiger partial charge in [-0.3, -0.25) is 0 Å².